The van der Waals surface area contributed by atoms with E-state index in [-0.39, 0.29) is 5.91 Å². The third kappa shape index (κ3) is 5.86. The summed E-state index contributed by atoms with van der Waals surface area (Å²) in [4.78, 5) is 21.5. The molecule has 0 atom stereocenters. The minimum Gasteiger partial charge on any atom is -0.497 e. The van der Waals surface area contributed by atoms with Gasteiger partial charge in [-0.3, -0.25) is 4.79 Å². The summed E-state index contributed by atoms with van der Waals surface area (Å²) in [6, 6.07) is 24.3. The molecule has 3 N–H and O–H groups in total. The Morgan fingerprint density at radius 1 is 0.758 bits per heavy atom. The molecule has 0 bridgehead atoms. The maximum absolute atomic E-state index is 12.4. The average Bonchev–Trinajstić information content (AvgIpc) is 2.81. The number of aromatic nitrogens is 2. The number of nitrogens with one attached hydrogen (secondary N) is 3. The van der Waals surface area contributed by atoms with Crippen LogP contribution in [0.2, 0.25) is 0 Å². The third-order valence-electron chi connectivity index (χ3n) is 4.93. The molecular weight excluding hydrogens is 414 g/mol. The Bertz CT molecular complexity index is 1240. The number of amides is 1. The van der Waals surface area contributed by atoms with Gasteiger partial charge in [0, 0.05) is 34.4 Å². The van der Waals surface area contributed by atoms with Gasteiger partial charge in [0.2, 0.25) is 5.95 Å². The molecule has 166 valence electrons. The van der Waals surface area contributed by atoms with Crippen molar-refractivity contribution in [3.63, 3.8) is 0 Å². The van der Waals surface area contributed by atoms with Crippen LogP contribution >= 0.6 is 0 Å². The quantitative estimate of drug-likeness (QED) is 0.335. The second-order valence-electron chi connectivity index (χ2n) is 7.59. The highest BCUT2D eigenvalue weighted by Gasteiger charge is 2.07. The van der Waals surface area contributed by atoms with Crippen LogP contribution in [-0.2, 0) is 0 Å². The van der Waals surface area contributed by atoms with Gasteiger partial charge in [-0.25, -0.2) is 4.98 Å². The van der Waals surface area contributed by atoms with Crippen LogP contribution in [0, 0.1) is 13.8 Å². The van der Waals surface area contributed by atoms with Gasteiger partial charge in [0.25, 0.3) is 5.91 Å². The summed E-state index contributed by atoms with van der Waals surface area (Å²) in [7, 11) is 1.59. The van der Waals surface area contributed by atoms with E-state index in [1.165, 1.54) is 5.56 Å². The molecule has 1 amide bonds. The average molecular weight is 440 g/mol. The summed E-state index contributed by atoms with van der Waals surface area (Å²) >= 11 is 0. The van der Waals surface area contributed by atoms with Crippen molar-refractivity contribution in [1.29, 1.82) is 0 Å². The fraction of sp³-hybridized carbons (Fsp3) is 0.115. The Morgan fingerprint density at radius 3 is 2.03 bits per heavy atom. The summed E-state index contributed by atoms with van der Waals surface area (Å²) in [5, 5.41) is 9.41. The zero-order chi connectivity index (χ0) is 23.2. The standard InChI is InChI=1S/C26H25N5O2/c1-17-4-8-20(9-5-17)28-24-16-18(2)27-26(31-24)30-22-12-10-21(11-13-22)29-25(32)19-6-14-23(33-3)15-7-19/h4-16H,1-3H3,(H,29,32)(H2,27,28,30,31). The number of nitrogens with zero attached hydrogens (tertiary/aromatic N) is 2. The molecule has 0 fully saturated rings. The van der Waals surface area contributed by atoms with Crippen molar-refractivity contribution in [3.05, 3.63) is 95.7 Å². The lowest BCUT2D eigenvalue weighted by atomic mass is 10.2. The minimum absolute atomic E-state index is 0.188. The number of carbonyl (C=O) groups excluding carboxylic acids is 1. The largest absolute Gasteiger partial charge is 0.497 e. The van der Waals surface area contributed by atoms with Crippen LogP contribution in [0.4, 0.5) is 28.8 Å². The van der Waals surface area contributed by atoms with Crippen molar-refractivity contribution >= 4 is 34.7 Å². The van der Waals surface area contributed by atoms with Gasteiger partial charge in [-0.05, 0) is 74.5 Å². The summed E-state index contributed by atoms with van der Waals surface area (Å²) in [5.74, 6) is 1.71. The van der Waals surface area contributed by atoms with Crippen molar-refractivity contribution in [3.8, 4) is 5.75 Å². The van der Waals surface area contributed by atoms with E-state index in [0.717, 1.165) is 17.1 Å². The number of anilines is 5. The minimum atomic E-state index is -0.188. The molecule has 0 saturated heterocycles. The topological polar surface area (TPSA) is 88.2 Å². The lowest BCUT2D eigenvalue weighted by Crippen LogP contribution is -2.11. The van der Waals surface area contributed by atoms with Crippen LogP contribution in [0.5, 0.6) is 5.75 Å². The number of ether oxygens (including phenoxy) is 1. The highest BCUT2D eigenvalue weighted by atomic mass is 16.5. The van der Waals surface area contributed by atoms with E-state index in [9.17, 15) is 4.79 Å². The lowest BCUT2D eigenvalue weighted by Gasteiger charge is -2.11. The normalized spacial score (nSPS) is 10.4. The molecule has 7 nitrogen and oxygen atoms in total. The molecular formula is C26H25N5O2. The molecule has 4 rings (SSSR count). The Morgan fingerprint density at radius 2 is 1.36 bits per heavy atom. The molecule has 0 unspecified atom stereocenters. The fourth-order valence-electron chi connectivity index (χ4n) is 3.18. The molecule has 33 heavy (non-hydrogen) atoms. The van der Waals surface area contributed by atoms with Gasteiger partial charge in [-0.2, -0.15) is 4.98 Å². The maximum atomic E-state index is 12.4. The molecule has 0 aliphatic heterocycles. The Kier molecular flexibility index (Phi) is 6.50. The van der Waals surface area contributed by atoms with Crippen LogP contribution in [0.15, 0.2) is 78.9 Å². The summed E-state index contributed by atoms with van der Waals surface area (Å²) in [6.07, 6.45) is 0. The first-order valence-corrected chi connectivity index (χ1v) is 10.5. The van der Waals surface area contributed by atoms with Crippen molar-refractivity contribution in [2.75, 3.05) is 23.1 Å². The number of hydrogen-bond acceptors (Lipinski definition) is 6. The third-order valence-corrected chi connectivity index (χ3v) is 4.93. The molecule has 1 aromatic heterocycles. The number of methoxy groups -OCH3 is 1. The van der Waals surface area contributed by atoms with E-state index >= 15 is 0 Å². The Balaban J connectivity index is 1.41. The monoisotopic (exact) mass is 439 g/mol. The van der Waals surface area contributed by atoms with Crippen LogP contribution < -0.4 is 20.7 Å². The van der Waals surface area contributed by atoms with E-state index < -0.39 is 0 Å². The zero-order valence-electron chi connectivity index (χ0n) is 18.7. The maximum Gasteiger partial charge on any atom is 0.255 e. The Labute approximate surface area is 192 Å². The van der Waals surface area contributed by atoms with E-state index in [4.69, 9.17) is 4.74 Å². The molecule has 3 aromatic carbocycles. The predicted molar refractivity (Wildman–Crippen MR) is 132 cm³/mol. The summed E-state index contributed by atoms with van der Waals surface area (Å²) in [5.41, 5.74) is 5.05. The van der Waals surface area contributed by atoms with Gasteiger partial charge in [0.15, 0.2) is 0 Å². The van der Waals surface area contributed by atoms with Gasteiger partial charge in [0.1, 0.15) is 11.6 Å². The first kappa shape index (κ1) is 21.8. The molecule has 7 heteroatoms. The second-order valence-corrected chi connectivity index (χ2v) is 7.59. The highest BCUT2D eigenvalue weighted by molar-refractivity contribution is 6.04. The van der Waals surface area contributed by atoms with Crippen LogP contribution in [0.1, 0.15) is 21.6 Å². The lowest BCUT2D eigenvalue weighted by molar-refractivity contribution is 0.102. The second kappa shape index (κ2) is 9.82. The molecule has 4 aromatic rings. The Hall–Kier alpha value is -4.39. The van der Waals surface area contributed by atoms with Crippen molar-refractivity contribution in [1.82, 2.24) is 9.97 Å². The van der Waals surface area contributed by atoms with Gasteiger partial charge >= 0.3 is 0 Å². The predicted octanol–water partition coefficient (Wildman–Crippen LogP) is 5.84. The van der Waals surface area contributed by atoms with Crippen LogP contribution in [0.3, 0.4) is 0 Å². The first-order chi connectivity index (χ1) is 16.0. The van der Waals surface area contributed by atoms with E-state index in [1.807, 2.05) is 61.5 Å². The molecule has 0 aliphatic rings. The van der Waals surface area contributed by atoms with Crippen molar-refractivity contribution in [2.24, 2.45) is 0 Å². The first-order valence-electron chi connectivity index (χ1n) is 10.5. The molecule has 0 radical (unpaired) electrons. The molecule has 0 aliphatic carbocycles. The van der Waals surface area contributed by atoms with Gasteiger partial charge in [0.05, 0.1) is 7.11 Å². The fourth-order valence-corrected chi connectivity index (χ4v) is 3.18. The van der Waals surface area contributed by atoms with Gasteiger partial charge < -0.3 is 20.7 Å². The van der Waals surface area contributed by atoms with Crippen molar-refractivity contribution < 1.29 is 9.53 Å². The number of hydrogen-bond donors (Lipinski definition) is 3. The zero-order valence-corrected chi connectivity index (χ0v) is 18.7. The van der Waals surface area contributed by atoms with Crippen molar-refractivity contribution in [2.45, 2.75) is 13.8 Å². The van der Waals surface area contributed by atoms with Crippen LogP contribution in [0.25, 0.3) is 0 Å². The number of rotatable bonds is 7. The highest BCUT2D eigenvalue weighted by Crippen LogP contribution is 2.21. The molecule has 0 saturated carbocycles. The van der Waals surface area contributed by atoms with Gasteiger partial charge in [-0.1, -0.05) is 17.7 Å². The smallest absolute Gasteiger partial charge is 0.255 e. The van der Waals surface area contributed by atoms with E-state index in [2.05, 4.69) is 32.8 Å². The number of benzene rings is 3. The SMILES string of the molecule is COc1ccc(C(=O)Nc2ccc(Nc3nc(C)cc(Nc4ccc(C)cc4)n3)cc2)cc1. The van der Waals surface area contributed by atoms with Gasteiger partial charge in [-0.15, -0.1) is 0 Å². The van der Waals surface area contributed by atoms with Crippen LogP contribution in [-0.4, -0.2) is 23.0 Å². The summed E-state index contributed by atoms with van der Waals surface area (Å²) < 4.78 is 5.12. The number of aryl methyl sites for hydroxylation is 2. The van der Waals surface area contributed by atoms with E-state index in [0.29, 0.717) is 28.8 Å². The molecule has 0 spiro atoms. The molecule has 1 heterocycles. The summed E-state index contributed by atoms with van der Waals surface area (Å²) in [6.45, 7) is 3.97. The number of carbonyl (C=O) groups is 1. The van der Waals surface area contributed by atoms with E-state index in [1.54, 1.807) is 31.4 Å².